The Balaban J connectivity index is 1.82. The number of fused-ring (bicyclic) bond motifs is 1. The van der Waals surface area contributed by atoms with E-state index in [2.05, 4.69) is 11.8 Å². The van der Waals surface area contributed by atoms with Gasteiger partial charge in [0.1, 0.15) is 6.04 Å². The molecule has 2 aliphatic rings. The van der Waals surface area contributed by atoms with Crippen LogP contribution in [0.4, 0.5) is 0 Å². The Hall–Kier alpha value is -1.88. The summed E-state index contributed by atoms with van der Waals surface area (Å²) in [5, 5.41) is 9.20. The first-order chi connectivity index (χ1) is 10.1. The molecular formula is C16H20N2O3. The van der Waals surface area contributed by atoms with Gasteiger partial charge < -0.3 is 10.0 Å². The maximum absolute atomic E-state index is 12.6. The van der Waals surface area contributed by atoms with Crippen LogP contribution in [0.3, 0.4) is 0 Å². The van der Waals surface area contributed by atoms with Crippen LogP contribution < -0.4 is 0 Å². The van der Waals surface area contributed by atoms with Crippen molar-refractivity contribution >= 4 is 11.9 Å². The number of likely N-dealkylation sites (tertiary alicyclic amines) is 1. The molecule has 0 saturated carbocycles. The van der Waals surface area contributed by atoms with E-state index in [4.69, 9.17) is 0 Å². The summed E-state index contributed by atoms with van der Waals surface area (Å²) < 4.78 is 0. The first-order valence-corrected chi connectivity index (χ1v) is 7.48. The second-order valence-corrected chi connectivity index (χ2v) is 5.78. The van der Waals surface area contributed by atoms with Gasteiger partial charge in [-0.15, -0.1) is 0 Å². The number of benzene rings is 1. The van der Waals surface area contributed by atoms with Gasteiger partial charge in [-0.2, -0.15) is 0 Å². The van der Waals surface area contributed by atoms with Crippen molar-refractivity contribution in [2.45, 2.75) is 38.9 Å². The Morgan fingerprint density at radius 3 is 2.76 bits per heavy atom. The van der Waals surface area contributed by atoms with Crippen LogP contribution in [-0.4, -0.2) is 45.9 Å². The zero-order valence-electron chi connectivity index (χ0n) is 12.2. The van der Waals surface area contributed by atoms with E-state index in [0.717, 1.165) is 26.1 Å². The third-order valence-corrected chi connectivity index (χ3v) is 4.49. The minimum absolute atomic E-state index is 0.155. The quantitative estimate of drug-likeness (QED) is 0.920. The topological polar surface area (TPSA) is 60.9 Å². The third-order valence-electron chi connectivity index (χ3n) is 4.49. The molecule has 0 aromatic heterocycles. The van der Waals surface area contributed by atoms with E-state index < -0.39 is 12.0 Å². The smallest absolute Gasteiger partial charge is 0.326 e. The van der Waals surface area contributed by atoms with Crippen molar-refractivity contribution in [2.24, 2.45) is 0 Å². The lowest BCUT2D eigenvalue weighted by atomic mass is 10.1. The average Bonchev–Trinajstić information content (AvgIpc) is 3.11. The second-order valence-electron chi connectivity index (χ2n) is 5.78. The van der Waals surface area contributed by atoms with Crippen LogP contribution in [-0.2, 0) is 17.9 Å². The molecule has 0 aliphatic carbocycles. The Bertz CT molecular complexity index is 585. The third kappa shape index (κ3) is 2.53. The summed E-state index contributed by atoms with van der Waals surface area (Å²) in [5.41, 5.74) is 3.07. The van der Waals surface area contributed by atoms with Crippen LogP contribution in [0.25, 0.3) is 0 Å². The standard InChI is InChI=1S/C16H20N2O3/c1-2-17-9-12-6-5-11(8-13(12)10-17)15(19)18-7-3-4-14(18)16(20)21/h5-6,8,14H,2-4,7,9-10H2,1H3,(H,20,21). The number of aliphatic carboxylic acids is 1. The second kappa shape index (κ2) is 5.48. The monoisotopic (exact) mass is 288 g/mol. The highest BCUT2D eigenvalue weighted by Gasteiger charge is 2.34. The molecule has 2 aliphatic heterocycles. The largest absolute Gasteiger partial charge is 0.480 e. The summed E-state index contributed by atoms with van der Waals surface area (Å²) in [6, 6.07) is 5.10. The minimum atomic E-state index is -0.904. The summed E-state index contributed by atoms with van der Waals surface area (Å²) >= 11 is 0. The molecule has 1 unspecified atom stereocenters. The summed E-state index contributed by atoms with van der Waals surface area (Å²) in [4.78, 5) is 27.6. The van der Waals surface area contributed by atoms with E-state index in [0.29, 0.717) is 18.5 Å². The highest BCUT2D eigenvalue weighted by atomic mass is 16.4. The number of rotatable bonds is 3. The normalized spacial score (nSPS) is 21.6. The van der Waals surface area contributed by atoms with E-state index in [1.165, 1.54) is 16.0 Å². The van der Waals surface area contributed by atoms with Crippen molar-refractivity contribution in [3.8, 4) is 0 Å². The molecule has 0 bridgehead atoms. The summed E-state index contributed by atoms with van der Waals surface area (Å²) in [7, 11) is 0. The van der Waals surface area contributed by atoms with Gasteiger partial charge >= 0.3 is 5.97 Å². The van der Waals surface area contributed by atoms with Crippen LogP contribution in [0.2, 0.25) is 0 Å². The van der Waals surface area contributed by atoms with Crippen molar-refractivity contribution in [1.29, 1.82) is 0 Å². The summed E-state index contributed by atoms with van der Waals surface area (Å²) in [6.45, 7) is 5.45. The molecule has 1 aromatic carbocycles. The molecule has 1 aromatic rings. The maximum atomic E-state index is 12.6. The van der Waals surface area contributed by atoms with Crippen molar-refractivity contribution < 1.29 is 14.7 Å². The fraction of sp³-hybridized carbons (Fsp3) is 0.500. The van der Waals surface area contributed by atoms with E-state index in [1.807, 2.05) is 18.2 Å². The fourth-order valence-corrected chi connectivity index (χ4v) is 3.25. The molecule has 2 heterocycles. The first-order valence-electron chi connectivity index (χ1n) is 7.48. The minimum Gasteiger partial charge on any atom is -0.480 e. The molecule has 112 valence electrons. The van der Waals surface area contributed by atoms with Gasteiger partial charge in [-0.25, -0.2) is 4.79 Å². The van der Waals surface area contributed by atoms with Crippen molar-refractivity contribution in [1.82, 2.24) is 9.80 Å². The Kier molecular flexibility index (Phi) is 3.68. The highest BCUT2D eigenvalue weighted by Crippen LogP contribution is 2.26. The lowest BCUT2D eigenvalue weighted by Crippen LogP contribution is -2.40. The number of hydrogen-bond donors (Lipinski definition) is 1. The fourth-order valence-electron chi connectivity index (χ4n) is 3.25. The maximum Gasteiger partial charge on any atom is 0.326 e. The van der Waals surface area contributed by atoms with Crippen molar-refractivity contribution in [3.05, 3.63) is 34.9 Å². The molecular weight excluding hydrogens is 268 g/mol. The molecule has 1 amide bonds. The number of carbonyl (C=O) groups excluding carboxylic acids is 1. The molecule has 5 heteroatoms. The molecule has 5 nitrogen and oxygen atoms in total. The van der Waals surface area contributed by atoms with E-state index in [9.17, 15) is 14.7 Å². The van der Waals surface area contributed by atoms with E-state index in [-0.39, 0.29) is 5.91 Å². The van der Waals surface area contributed by atoms with Crippen LogP contribution in [0.15, 0.2) is 18.2 Å². The Morgan fingerprint density at radius 1 is 1.29 bits per heavy atom. The van der Waals surface area contributed by atoms with E-state index in [1.54, 1.807) is 0 Å². The zero-order valence-corrected chi connectivity index (χ0v) is 12.2. The molecule has 1 fully saturated rings. The molecule has 3 rings (SSSR count). The first kappa shape index (κ1) is 14.1. The van der Waals surface area contributed by atoms with Gasteiger partial charge in [-0.3, -0.25) is 9.69 Å². The average molecular weight is 288 g/mol. The molecule has 1 atom stereocenters. The van der Waals surface area contributed by atoms with Gasteiger partial charge in [0.2, 0.25) is 0 Å². The number of hydrogen-bond acceptors (Lipinski definition) is 3. The zero-order chi connectivity index (χ0) is 15.0. The van der Waals surface area contributed by atoms with Gasteiger partial charge in [-0.05, 0) is 42.6 Å². The predicted molar refractivity (Wildman–Crippen MR) is 77.9 cm³/mol. The Labute approximate surface area is 124 Å². The van der Waals surface area contributed by atoms with Gasteiger partial charge in [0, 0.05) is 25.2 Å². The molecule has 1 saturated heterocycles. The number of amides is 1. The molecule has 1 N–H and O–H groups in total. The molecule has 0 radical (unpaired) electrons. The predicted octanol–water partition coefficient (Wildman–Crippen LogP) is 1.71. The van der Waals surface area contributed by atoms with Gasteiger partial charge in [0.25, 0.3) is 5.91 Å². The number of carboxylic acids is 1. The highest BCUT2D eigenvalue weighted by molar-refractivity contribution is 5.97. The summed E-state index contributed by atoms with van der Waals surface area (Å²) in [6.07, 6.45) is 1.31. The van der Waals surface area contributed by atoms with Crippen LogP contribution >= 0.6 is 0 Å². The van der Waals surface area contributed by atoms with Crippen LogP contribution in [0.5, 0.6) is 0 Å². The SMILES string of the molecule is CCN1Cc2ccc(C(=O)N3CCCC3C(=O)O)cc2C1. The summed E-state index contributed by atoms with van der Waals surface area (Å²) in [5.74, 6) is -1.06. The van der Waals surface area contributed by atoms with Gasteiger partial charge in [-0.1, -0.05) is 13.0 Å². The Morgan fingerprint density at radius 2 is 2.05 bits per heavy atom. The number of carboxylic acid groups (broad SMARTS) is 1. The van der Waals surface area contributed by atoms with Crippen LogP contribution in [0, 0.1) is 0 Å². The molecule has 21 heavy (non-hydrogen) atoms. The van der Waals surface area contributed by atoms with Crippen molar-refractivity contribution in [2.75, 3.05) is 13.1 Å². The van der Waals surface area contributed by atoms with E-state index >= 15 is 0 Å². The molecule has 0 spiro atoms. The van der Waals surface area contributed by atoms with Gasteiger partial charge in [0.15, 0.2) is 0 Å². The van der Waals surface area contributed by atoms with Crippen LogP contribution in [0.1, 0.15) is 41.3 Å². The number of nitrogens with zero attached hydrogens (tertiary/aromatic N) is 2. The van der Waals surface area contributed by atoms with Crippen molar-refractivity contribution in [3.63, 3.8) is 0 Å². The lowest BCUT2D eigenvalue weighted by Gasteiger charge is -2.21. The number of carbonyl (C=O) groups is 2. The van der Waals surface area contributed by atoms with Gasteiger partial charge in [0.05, 0.1) is 0 Å². The lowest BCUT2D eigenvalue weighted by molar-refractivity contribution is -0.141.